The molecule has 1 atom stereocenters. The third kappa shape index (κ3) is 5.13. The molecule has 0 saturated carbocycles. The van der Waals surface area contributed by atoms with Crippen molar-refractivity contribution in [3.05, 3.63) is 52.6 Å². The van der Waals surface area contributed by atoms with E-state index < -0.39 is 29.3 Å². The molecule has 0 N–H and O–H groups in total. The van der Waals surface area contributed by atoms with Crippen LogP contribution in [0, 0.1) is 29.9 Å². The summed E-state index contributed by atoms with van der Waals surface area (Å²) in [6.45, 7) is 4.79. The first-order chi connectivity index (χ1) is 14.2. The van der Waals surface area contributed by atoms with Crippen molar-refractivity contribution in [3.8, 4) is 12.3 Å². The lowest BCUT2D eigenvalue weighted by Crippen LogP contribution is -2.26. The van der Waals surface area contributed by atoms with E-state index in [9.17, 15) is 18.4 Å². The van der Waals surface area contributed by atoms with Crippen LogP contribution in [-0.2, 0) is 9.53 Å². The first kappa shape index (κ1) is 23.7. The maximum Gasteiger partial charge on any atom is 0.316 e. The molecule has 0 radical (unpaired) electrons. The van der Waals surface area contributed by atoms with Crippen LogP contribution in [0.1, 0.15) is 31.1 Å². The number of halogens is 3. The third-order valence-corrected chi connectivity index (χ3v) is 5.45. The fourth-order valence-electron chi connectivity index (χ4n) is 2.79. The Labute approximate surface area is 183 Å². The Hall–Kier alpha value is -2.56. The molecule has 1 aliphatic heterocycles. The van der Waals surface area contributed by atoms with Gasteiger partial charge >= 0.3 is 5.97 Å². The first-order valence-electron chi connectivity index (χ1n) is 9.02. The van der Waals surface area contributed by atoms with E-state index in [2.05, 4.69) is 12.3 Å². The van der Waals surface area contributed by atoms with Crippen molar-refractivity contribution in [1.82, 2.24) is 0 Å². The molecule has 0 bridgehead atoms. The summed E-state index contributed by atoms with van der Waals surface area (Å²) < 4.78 is 32.7. The summed E-state index contributed by atoms with van der Waals surface area (Å²) in [4.78, 5) is 27.3. The highest BCUT2D eigenvalue weighted by molar-refractivity contribution is 7.99. The van der Waals surface area contributed by atoms with Gasteiger partial charge in [-0.3, -0.25) is 9.59 Å². The molecule has 0 amide bonds. The number of hydrogen-bond donors (Lipinski definition) is 0. The molecule has 0 fully saturated rings. The standard InChI is InChI=1S/C19H16ClF2NO3S.C3H4/c1-3-26-19(25)10(2)18(24)12-7-13(21)14(22)8-16(12)23-9-27-17-6-11(20)4-5-15(17)23;1-3-2/h4-8,10H,3,9H2,1-2H3;1H,2H3. The number of anilines is 2. The highest BCUT2D eigenvalue weighted by atomic mass is 35.5. The summed E-state index contributed by atoms with van der Waals surface area (Å²) in [7, 11) is 0. The van der Waals surface area contributed by atoms with Gasteiger partial charge in [0.2, 0.25) is 0 Å². The van der Waals surface area contributed by atoms with E-state index in [0.29, 0.717) is 10.9 Å². The zero-order valence-corrected chi connectivity index (χ0v) is 18.2. The first-order valence-corrected chi connectivity index (χ1v) is 10.4. The number of Topliss-reactive ketones (excluding diaryl/α,β-unsaturated/α-hetero) is 1. The minimum Gasteiger partial charge on any atom is -0.465 e. The van der Waals surface area contributed by atoms with Crippen molar-refractivity contribution in [1.29, 1.82) is 0 Å². The summed E-state index contributed by atoms with van der Waals surface area (Å²) in [6, 6.07) is 7.01. The van der Waals surface area contributed by atoms with Gasteiger partial charge in [-0.15, -0.1) is 24.1 Å². The fraction of sp³-hybridized carbons (Fsp3) is 0.273. The van der Waals surface area contributed by atoms with Gasteiger partial charge in [0.15, 0.2) is 17.4 Å². The number of terminal acetylenes is 1. The van der Waals surface area contributed by atoms with Crippen molar-refractivity contribution in [2.45, 2.75) is 25.7 Å². The quantitative estimate of drug-likeness (QED) is 0.247. The van der Waals surface area contributed by atoms with E-state index >= 15 is 0 Å². The molecule has 0 aromatic heterocycles. The molecule has 0 spiro atoms. The van der Waals surface area contributed by atoms with Crippen LogP contribution in [0.15, 0.2) is 35.2 Å². The number of esters is 1. The molecule has 3 rings (SSSR count). The van der Waals surface area contributed by atoms with Crippen molar-refractivity contribution in [3.63, 3.8) is 0 Å². The van der Waals surface area contributed by atoms with Gasteiger partial charge in [-0.1, -0.05) is 11.6 Å². The molecule has 2 aromatic rings. The largest absolute Gasteiger partial charge is 0.465 e. The monoisotopic (exact) mass is 451 g/mol. The number of benzene rings is 2. The number of ether oxygens (including phenoxy) is 1. The normalized spacial score (nSPS) is 12.9. The number of carbonyl (C=O) groups is 2. The van der Waals surface area contributed by atoms with E-state index in [1.54, 1.807) is 36.9 Å². The van der Waals surface area contributed by atoms with Gasteiger partial charge in [-0.25, -0.2) is 8.78 Å². The SMILES string of the molecule is C#CC.CCOC(=O)C(C)C(=O)c1cc(F)c(F)cc1N1CSc2cc(Cl)ccc21. The van der Waals surface area contributed by atoms with E-state index in [0.717, 1.165) is 22.7 Å². The summed E-state index contributed by atoms with van der Waals surface area (Å²) in [6.07, 6.45) is 4.60. The Bertz CT molecular complexity index is 1010. The third-order valence-electron chi connectivity index (χ3n) is 4.19. The second kappa shape index (κ2) is 10.5. The smallest absolute Gasteiger partial charge is 0.316 e. The minimum absolute atomic E-state index is 0.0714. The molecule has 1 heterocycles. The van der Waals surface area contributed by atoms with Gasteiger partial charge in [0.25, 0.3) is 0 Å². The van der Waals surface area contributed by atoms with Gasteiger partial charge in [-0.2, -0.15) is 0 Å². The average Bonchev–Trinajstić information content (AvgIpc) is 3.12. The highest BCUT2D eigenvalue weighted by Crippen LogP contribution is 2.45. The molecule has 158 valence electrons. The predicted molar refractivity (Wildman–Crippen MR) is 115 cm³/mol. The fourth-order valence-corrected chi connectivity index (χ4v) is 4.11. The Kier molecular flexibility index (Phi) is 8.27. The maximum atomic E-state index is 14.0. The van der Waals surface area contributed by atoms with Crippen LogP contribution in [0.4, 0.5) is 20.2 Å². The molecule has 2 aromatic carbocycles. The number of nitrogens with zero attached hydrogens (tertiary/aromatic N) is 1. The summed E-state index contributed by atoms with van der Waals surface area (Å²) >= 11 is 7.46. The minimum atomic E-state index is -1.15. The van der Waals surface area contributed by atoms with Crippen LogP contribution in [0.5, 0.6) is 0 Å². The lowest BCUT2D eigenvalue weighted by Gasteiger charge is -2.23. The van der Waals surface area contributed by atoms with Gasteiger partial charge in [0.05, 0.1) is 23.9 Å². The topological polar surface area (TPSA) is 46.6 Å². The van der Waals surface area contributed by atoms with Gasteiger partial charge in [0, 0.05) is 21.5 Å². The number of thioether (sulfide) groups is 1. The van der Waals surface area contributed by atoms with Crippen LogP contribution in [0.25, 0.3) is 0 Å². The van der Waals surface area contributed by atoms with Gasteiger partial charge < -0.3 is 9.64 Å². The number of rotatable bonds is 5. The summed E-state index contributed by atoms with van der Waals surface area (Å²) in [5.41, 5.74) is 0.856. The number of fused-ring (bicyclic) bond motifs is 1. The van der Waals surface area contributed by atoms with Crippen molar-refractivity contribution in [2.75, 3.05) is 17.4 Å². The molecule has 30 heavy (non-hydrogen) atoms. The van der Waals surface area contributed by atoms with Gasteiger partial charge in [0.1, 0.15) is 5.92 Å². The summed E-state index contributed by atoms with van der Waals surface area (Å²) in [5.74, 6) is -2.04. The molecular weight excluding hydrogens is 432 g/mol. The lowest BCUT2D eigenvalue weighted by atomic mass is 9.97. The van der Waals surface area contributed by atoms with Crippen LogP contribution in [-0.4, -0.2) is 24.2 Å². The van der Waals surface area contributed by atoms with Crippen molar-refractivity contribution >= 4 is 46.5 Å². The van der Waals surface area contributed by atoms with E-state index in [1.165, 1.54) is 18.7 Å². The van der Waals surface area contributed by atoms with E-state index in [4.69, 9.17) is 16.3 Å². The molecule has 1 unspecified atom stereocenters. The highest BCUT2D eigenvalue weighted by Gasteiger charge is 2.31. The van der Waals surface area contributed by atoms with Crippen LogP contribution in [0.2, 0.25) is 5.02 Å². The molecular formula is C22H20ClF2NO3S. The maximum absolute atomic E-state index is 14.0. The molecule has 4 nitrogen and oxygen atoms in total. The van der Waals surface area contributed by atoms with Crippen LogP contribution < -0.4 is 4.90 Å². The Balaban J connectivity index is 0.00000101. The molecule has 1 aliphatic rings. The zero-order valence-electron chi connectivity index (χ0n) is 16.7. The average molecular weight is 452 g/mol. The lowest BCUT2D eigenvalue weighted by molar-refractivity contribution is -0.145. The van der Waals surface area contributed by atoms with Crippen molar-refractivity contribution < 1.29 is 23.1 Å². The van der Waals surface area contributed by atoms with E-state index in [-0.39, 0.29) is 17.9 Å². The zero-order chi connectivity index (χ0) is 22.4. The Morgan fingerprint density at radius 1 is 1.27 bits per heavy atom. The second-order valence-electron chi connectivity index (χ2n) is 6.22. The van der Waals surface area contributed by atoms with Gasteiger partial charge in [-0.05, 0) is 45.0 Å². The Morgan fingerprint density at radius 2 is 1.90 bits per heavy atom. The van der Waals surface area contributed by atoms with Crippen molar-refractivity contribution in [2.24, 2.45) is 5.92 Å². The molecule has 8 heteroatoms. The number of ketones is 1. The van der Waals surface area contributed by atoms with Crippen LogP contribution >= 0.6 is 23.4 Å². The predicted octanol–water partition coefficient (Wildman–Crippen LogP) is 5.84. The summed E-state index contributed by atoms with van der Waals surface area (Å²) in [5, 5.41) is 0.556. The van der Waals surface area contributed by atoms with Crippen LogP contribution in [0.3, 0.4) is 0 Å². The molecule has 0 saturated heterocycles. The number of hydrogen-bond acceptors (Lipinski definition) is 5. The number of carbonyl (C=O) groups excluding carboxylic acids is 2. The molecule has 0 aliphatic carbocycles. The Morgan fingerprint density at radius 3 is 2.53 bits per heavy atom. The van der Waals surface area contributed by atoms with E-state index in [1.807, 2.05) is 0 Å². The second-order valence-corrected chi connectivity index (χ2v) is 7.65.